The molecule has 0 spiro atoms. The van der Waals surface area contributed by atoms with E-state index in [1.807, 2.05) is 30.3 Å². The summed E-state index contributed by atoms with van der Waals surface area (Å²) >= 11 is 0. The van der Waals surface area contributed by atoms with Crippen molar-refractivity contribution >= 4 is 5.91 Å². The zero-order chi connectivity index (χ0) is 16.2. The maximum Gasteiger partial charge on any atom is 0.257 e. The van der Waals surface area contributed by atoms with Crippen LogP contribution in [-0.4, -0.2) is 27.6 Å². The van der Waals surface area contributed by atoms with Crippen LogP contribution >= 0.6 is 0 Å². The number of amides is 1. The highest BCUT2D eigenvalue weighted by Crippen LogP contribution is 2.13. The lowest BCUT2D eigenvalue weighted by Gasteiger charge is -2.16. The molecule has 0 radical (unpaired) electrons. The van der Waals surface area contributed by atoms with Gasteiger partial charge in [0.05, 0.1) is 17.4 Å². The normalized spacial score (nSPS) is 10.5. The van der Waals surface area contributed by atoms with Crippen LogP contribution in [0.15, 0.2) is 67.0 Å². The van der Waals surface area contributed by atoms with E-state index in [9.17, 15) is 9.18 Å². The Hall–Kier alpha value is -2.95. The summed E-state index contributed by atoms with van der Waals surface area (Å²) in [5.74, 6) is -0.512. The van der Waals surface area contributed by atoms with Crippen LogP contribution in [0.1, 0.15) is 15.9 Å². The fourth-order valence-electron chi connectivity index (χ4n) is 2.33. The van der Waals surface area contributed by atoms with Crippen molar-refractivity contribution in [3.63, 3.8) is 0 Å². The molecule has 0 aliphatic carbocycles. The number of aromatic nitrogens is 2. The van der Waals surface area contributed by atoms with Gasteiger partial charge in [-0.3, -0.25) is 4.79 Å². The van der Waals surface area contributed by atoms with Gasteiger partial charge in [-0.05, 0) is 18.2 Å². The van der Waals surface area contributed by atoms with Crippen molar-refractivity contribution in [2.24, 2.45) is 0 Å². The topological polar surface area (TPSA) is 38.1 Å². The number of carbonyl (C=O) groups excluding carboxylic acids is 1. The maximum atomic E-state index is 13.7. The second-order valence-electron chi connectivity index (χ2n) is 5.26. The van der Waals surface area contributed by atoms with Crippen LogP contribution in [0.2, 0.25) is 0 Å². The van der Waals surface area contributed by atoms with E-state index >= 15 is 0 Å². The lowest BCUT2D eigenvalue weighted by Crippen LogP contribution is -2.26. The number of hydrogen-bond acceptors (Lipinski definition) is 2. The molecule has 3 aromatic rings. The molecular weight excluding hydrogens is 293 g/mol. The van der Waals surface area contributed by atoms with E-state index in [1.165, 1.54) is 17.2 Å². The van der Waals surface area contributed by atoms with Gasteiger partial charge in [-0.2, -0.15) is 5.10 Å². The minimum absolute atomic E-state index is 0.199. The van der Waals surface area contributed by atoms with Crippen LogP contribution in [0.25, 0.3) is 5.69 Å². The average Bonchev–Trinajstić information content (AvgIpc) is 3.07. The molecule has 1 heterocycles. The molecule has 4 nitrogen and oxygen atoms in total. The Morgan fingerprint density at radius 3 is 2.57 bits per heavy atom. The van der Waals surface area contributed by atoms with Crippen molar-refractivity contribution in [2.45, 2.75) is 6.54 Å². The van der Waals surface area contributed by atoms with Crippen LogP contribution in [0.5, 0.6) is 0 Å². The summed E-state index contributed by atoms with van der Waals surface area (Å²) < 4.78 is 15.3. The molecule has 0 bridgehead atoms. The molecule has 2 aromatic carbocycles. The van der Waals surface area contributed by atoms with E-state index in [0.29, 0.717) is 11.1 Å². The number of benzene rings is 2. The smallest absolute Gasteiger partial charge is 0.257 e. The van der Waals surface area contributed by atoms with Gasteiger partial charge in [-0.1, -0.05) is 36.4 Å². The Morgan fingerprint density at radius 2 is 1.83 bits per heavy atom. The molecule has 3 rings (SSSR count). The lowest BCUT2D eigenvalue weighted by molar-refractivity contribution is 0.0784. The van der Waals surface area contributed by atoms with Crippen molar-refractivity contribution in [2.75, 3.05) is 7.05 Å². The molecule has 23 heavy (non-hydrogen) atoms. The predicted octanol–water partition coefficient (Wildman–Crippen LogP) is 3.28. The van der Waals surface area contributed by atoms with Gasteiger partial charge in [0.15, 0.2) is 0 Å². The number of carbonyl (C=O) groups is 1. The Labute approximate surface area is 133 Å². The summed E-state index contributed by atoms with van der Waals surface area (Å²) in [5.41, 5.74) is 1.83. The summed E-state index contributed by atoms with van der Waals surface area (Å²) in [6.45, 7) is 0.210. The molecule has 5 heteroatoms. The molecule has 1 aromatic heterocycles. The largest absolute Gasteiger partial charge is 0.337 e. The van der Waals surface area contributed by atoms with Crippen LogP contribution < -0.4 is 0 Å². The Kier molecular flexibility index (Phi) is 4.19. The standard InChI is InChI=1S/C18H16FN3O/c1-21(12-14-7-5-6-10-17(14)19)18(23)15-11-20-22(13-15)16-8-3-2-4-9-16/h2-11,13H,12H2,1H3. The van der Waals surface area contributed by atoms with Crippen molar-refractivity contribution in [3.8, 4) is 5.69 Å². The van der Waals surface area contributed by atoms with Gasteiger partial charge < -0.3 is 4.90 Å². The first-order valence-electron chi connectivity index (χ1n) is 7.24. The molecule has 0 aliphatic heterocycles. The van der Waals surface area contributed by atoms with Gasteiger partial charge >= 0.3 is 0 Å². The van der Waals surface area contributed by atoms with E-state index in [1.54, 1.807) is 36.1 Å². The minimum Gasteiger partial charge on any atom is -0.337 e. The fraction of sp³-hybridized carbons (Fsp3) is 0.111. The second-order valence-corrected chi connectivity index (χ2v) is 5.26. The van der Waals surface area contributed by atoms with E-state index < -0.39 is 0 Å². The maximum absolute atomic E-state index is 13.7. The van der Waals surface area contributed by atoms with Gasteiger partial charge in [0, 0.05) is 25.4 Å². The SMILES string of the molecule is CN(Cc1ccccc1F)C(=O)c1cnn(-c2ccccc2)c1. The second kappa shape index (κ2) is 6.44. The molecule has 0 saturated carbocycles. The molecule has 0 aliphatic rings. The highest BCUT2D eigenvalue weighted by atomic mass is 19.1. The molecular formula is C18H16FN3O. The summed E-state index contributed by atoms with van der Waals surface area (Å²) in [6.07, 6.45) is 3.20. The molecule has 1 amide bonds. The summed E-state index contributed by atoms with van der Waals surface area (Å²) in [7, 11) is 1.65. The third-order valence-corrected chi connectivity index (χ3v) is 3.56. The number of hydrogen-bond donors (Lipinski definition) is 0. The fourth-order valence-corrected chi connectivity index (χ4v) is 2.33. The predicted molar refractivity (Wildman–Crippen MR) is 85.8 cm³/mol. The molecule has 0 atom stereocenters. The molecule has 0 unspecified atom stereocenters. The zero-order valence-corrected chi connectivity index (χ0v) is 12.7. The van der Waals surface area contributed by atoms with Crippen LogP contribution in [0, 0.1) is 5.82 Å². The van der Waals surface area contributed by atoms with Crippen molar-refractivity contribution in [3.05, 3.63) is 83.9 Å². The van der Waals surface area contributed by atoms with Gasteiger partial charge in [-0.25, -0.2) is 9.07 Å². The van der Waals surface area contributed by atoms with Gasteiger partial charge in [0.25, 0.3) is 5.91 Å². The van der Waals surface area contributed by atoms with Crippen molar-refractivity contribution in [1.82, 2.24) is 14.7 Å². The minimum atomic E-state index is -0.313. The lowest BCUT2D eigenvalue weighted by atomic mass is 10.2. The zero-order valence-electron chi connectivity index (χ0n) is 12.7. The number of para-hydroxylation sites is 1. The molecule has 0 N–H and O–H groups in total. The van der Waals surface area contributed by atoms with E-state index in [-0.39, 0.29) is 18.3 Å². The summed E-state index contributed by atoms with van der Waals surface area (Å²) in [4.78, 5) is 13.9. The Morgan fingerprint density at radius 1 is 1.13 bits per heavy atom. The van der Waals surface area contributed by atoms with E-state index in [0.717, 1.165) is 5.69 Å². The molecule has 0 saturated heterocycles. The third kappa shape index (κ3) is 3.29. The highest BCUT2D eigenvalue weighted by molar-refractivity contribution is 5.93. The number of rotatable bonds is 4. The quantitative estimate of drug-likeness (QED) is 0.742. The van der Waals surface area contributed by atoms with Crippen LogP contribution in [-0.2, 0) is 6.54 Å². The number of nitrogens with zero attached hydrogens (tertiary/aromatic N) is 3. The van der Waals surface area contributed by atoms with Gasteiger partial charge in [0.2, 0.25) is 0 Å². The Balaban J connectivity index is 1.76. The van der Waals surface area contributed by atoms with Crippen molar-refractivity contribution in [1.29, 1.82) is 0 Å². The third-order valence-electron chi connectivity index (χ3n) is 3.56. The van der Waals surface area contributed by atoms with Crippen molar-refractivity contribution < 1.29 is 9.18 Å². The van der Waals surface area contributed by atoms with E-state index in [4.69, 9.17) is 0 Å². The summed E-state index contributed by atoms with van der Waals surface area (Å²) in [5, 5.41) is 4.21. The first kappa shape index (κ1) is 15.0. The number of halogens is 1. The Bertz CT molecular complexity index is 814. The van der Waals surface area contributed by atoms with Gasteiger partial charge in [0.1, 0.15) is 5.82 Å². The monoisotopic (exact) mass is 309 g/mol. The van der Waals surface area contributed by atoms with Gasteiger partial charge in [-0.15, -0.1) is 0 Å². The molecule has 116 valence electrons. The average molecular weight is 309 g/mol. The first-order valence-corrected chi connectivity index (χ1v) is 7.24. The van der Waals surface area contributed by atoms with Crippen LogP contribution in [0.4, 0.5) is 4.39 Å². The first-order chi connectivity index (χ1) is 11.1. The molecule has 0 fully saturated rings. The van der Waals surface area contributed by atoms with E-state index in [2.05, 4.69) is 5.10 Å². The summed E-state index contributed by atoms with van der Waals surface area (Å²) in [6, 6.07) is 16.0. The highest BCUT2D eigenvalue weighted by Gasteiger charge is 2.15. The van der Waals surface area contributed by atoms with Crippen LogP contribution in [0.3, 0.4) is 0 Å².